The first kappa shape index (κ1) is 20.4. The van der Waals surface area contributed by atoms with Crippen LogP contribution in [-0.4, -0.2) is 28.6 Å². The lowest BCUT2D eigenvalue weighted by Crippen LogP contribution is -2.43. The molecule has 5 heteroatoms. The third kappa shape index (κ3) is 4.42. The van der Waals surface area contributed by atoms with Crippen LogP contribution in [0.1, 0.15) is 73.7 Å². The summed E-state index contributed by atoms with van der Waals surface area (Å²) >= 11 is 0. The van der Waals surface area contributed by atoms with Gasteiger partial charge in [0.2, 0.25) is 0 Å². The number of phenolic OH excluding ortho intramolecular Hbond substituents is 1. The van der Waals surface area contributed by atoms with Crippen molar-refractivity contribution in [3.63, 3.8) is 0 Å². The van der Waals surface area contributed by atoms with Crippen LogP contribution in [0.25, 0.3) is 0 Å². The van der Waals surface area contributed by atoms with Crippen molar-refractivity contribution in [1.82, 2.24) is 15.5 Å². The number of aromatic hydroxyl groups is 1. The minimum Gasteiger partial charge on any atom is -0.508 e. The van der Waals surface area contributed by atoms with E-state index in [2.05, 4.69) is 39.8 Å². The number of nitrogens with one attached hydrogen (secondary N) is 2. The summed E-state index contributed by atoms with van der Waals surface area (Å²) in [5.74, 6) is 1.00. The zero-order valence-corrected chi connectivity index (χ0v) is 18.1. The van der Waals surface area contributed by atoms with Crippen LogP contribution in [0.5, 0.6) is 5.75 Å². The van der Waals surface area contributed by atoms with Crippen LogP contribution in [0.15, 0.2) is 48.5 Å². The highest BCUT2D eigenvalue weighted by Crippen LogP contribution is 2.53. The first-order valence-corrected chi connectivity index (χ1v) is 11.8. The number of phenols is 1. The highest BCUT2D eigenvalue weighted by molar-refractivity contribution is 5.74. The van der Waals surface area contributed by atoms with Crippen molar-refractivity contribution in [3.8, 4) is 5.75 Å². The standard InChI is InChI=1S/C26H33N3O2/c30-21-5-3-4-19(16-21)17-27-26(31)28-20-10-8-18(9-11-20)14-15-29-24-12-13-25(29)23-7-2-1-6-22(23)24/h1-7,16,18,20,24-25,30H,8-15,17H2,(H2,27,28,31). The van der Waals surface area contributed by atoms with Crippen LogP contribution in [-0.2, 0) is 6.54 Å². The summed E-state index contributed by atoms with van der Waals surface area (Å²) in [6.07, 6.45) is 8.44. The molecule has 1 saturated heterocycles. The fourth-order valence-electron chi connectivity index (χ4n) is 5.97. The number of nitrogens with zero attached hydrogens (tertiary/aromatic N) is 1. The Hall–Kier alpha value is -2.53. The van der Waals surface area contributed by atoms with E-state index in [0.717, 1.165) is 24.3 Å². The molecule has 1 aliphatic carbocycles. The lowest BCUT2D eigenvalue weighted by molar-refractivity contribution is 0.185. The molecule has 2 aromatic rings. The van der Waals surface area contributed by atoms with E-state index >= 15 is 0 Å². The number of hydrogen-bond donors (Lipinski definition) is 3. The minimum atomic E-state index is -0.113. The van der Waals surface area contributed by atoms with Gasteiger partial charge in [-0.25, -0.2) is 4.79 Å². The van der Waals surface area contributed by atoms with Gasteiger partial charge in [0, 0.05) is 24.7 Å². The Labute approximate surface area is 184 Å². The Morgan fingerprint density at radius 1 is 0.935 bits per heavy atom. The topological polar surface area (TPSA) is 64.6 Å². The molecule has 164 valence electrons. The zero-order chi connectivity index (χ0) is 21.2. The summed E-state index contributed by atoms with van der Waals surface area (Å²) in [6.45, 7) is 1.63. The van der Waals surface area contributed by atoms with E-state index < -0.39 is 0 Å². The van der Waals surface area contributed by atoms with E-state index in [1.807, 2.05) is 6.07 Å². The third-order valence-corrected chi connectivity index (χ3v) is 7.57. The molecule has 0 aromatic heterocycles. The van der Waals surface area contributed by atoms with Crippen molar-refractivity contribution < 1.29 is 9.90 Å². The highest BCUT2D eigenvalue weighted by atomic mass is 16.3. The average Bonchev–Trinajstić information content (AvgIpc) is 3.34. The minimum absolute atomic E-state index is 0.113. The number of amides is 2. The van der Waals surface area contributed by atoms with Gasteiger partial charge in [0.05, 0.1) is 0 Å². The second-order valence-electron chi connectivity index (χ2n) is 9.48. The maximum absolute atomic E-state index is 12.2. The molecular formula is C26H33N3O2. The zero-order valence-electron chi connectivity index (χ0n) is 18.1. The van der Waals surface area contributed by atoms with Gasteiger partial charge in [-0.3, -0.25) is 4.90 Å². The molecule has 2 bridgehead atoms. The fourth-order valence-corrected chi connectivity index (χ4v) is 5.97. The summed E-state index contributed by atoms with van der Waals surface area (Å²) in [7, 11) is 0. The molecule has 2 fully saturated rings. The second kappa shape index (κ2) is 8.91. The van der Waals surface area contributed by atoms with Crippen molar-refractivity contribution in [2.24, 2.45) is 5.92 Å². The molecule has 1 saturated carbocycles. The van der Waals surface area contributed by atoms with E-state index in [0.29, 0.717) is 18.6 Å². The van der Waals surface area contributed by atoms with Crippen LogP contribution in [0.2, 0.25) is 0 Å². The summed E-state index contributed by atoms with van der Waals surface area (Å²) in [6, 6.07) is 17.5. The van der Waals surface area contributed by atoms with Crippen molar-refractivity contribution >= 4 is 6.03 Å². The summed E-state index contributed by atoms with van der Waals surface area (Å²) in [4.78, 5) is 15.0. The molecule has 2 heterocycles. The van der Waals surface area contributed by atoms with Crippen molar-refractivity contribution in [3.05, 3.63) is 65.2 Å². The molecule has 0 radical (unpaired) electrons. The van der Waals surface area contributed by atoms with Gasteiger partial charge in [0.25, 0.3) is 0 Å². The van der Waals surface area contributed by atoms with E-state index in [1.54, 1.807) is 29.3 Å². The van der Waals surface area contributed by atoms with E-state index in [-0.39, 0.29) is 17.8 Å². The molecule has 5 nitrogen and oxygen atoms in total. The molecule has 3 N–H and O–H groups in total. The average molecular weight is 420 g/mol. The van der Waals surface area contributed by atoms with Crippen molar-refractivity contribution in [2.75, 3.05) is 6.54 Å². The summed E-state index contributed by atoms with van der Waals surface area (Å²) in [5.41, 5.74) is 4.05. The highest BCUT2D eigenvalue weighted by Gasteiger charge is 2.43. The largest absolute Gasteiger partial charge is 0.508 e. The Bertz CT molecular complexity index is 891. The molecule has 2 atom stereocenters. The summed E-state index contributed by atoms with van der Waals surface area (Å²) in [5, 5.41) is 15.6. The van der Waals surface area contributed by atoms with Crippen LogP contribution < -0.4 is 10.6 Å². The molecule has 2 aromatic carbocycles. The maximum atomic E-state index is 12.2. The van der Waals surface area contributed by atoms with Gasteiger partial charge in [-0.2, -0.15) is 0 Å². The van der Waals surface area contributed by atoms with Gasteiger partial charge in [0.15, 0.2) is 0 Å². The molecule has 3 aliphatic rings. The first-order valence-electron chi connectivity index (χ1n) is 11.8. The van der Waals surface area contributed by atoms with Crippen LogP contribution >= 0.6 is 0 Å². The van der Waals surface area contributed by atoms with E-state index in [9.17, 15) is 9.90 Å². The number of fused-ring (bicyclic) bond motifs is 5. The third-order valence-electron chi connectivity index (χ3n) is 7.57. The Kier molecular flexibility index (Phi) is 5.86. The van der Waals surface area contributed by atoms with Gasteiger partial charge in [-0.05, 0) is 86.2 Å². The van der Waals surface area contributed by atoms with Gasteiger partial charge < -0.3 is 15.7 Å². The Balaban J connectivity index is 1.03. The Morgan fingerprint density at radius 3 is 2.32 bits per heavy atom. The molecule has 2 aliphatic heterocycles. The number of rotatable bonds is 6. The van der Waals surface area contributed by atoms with Crippen LogP contribution in [0.3, 0.4) is 0 Å². The smallest absolute Gasteiger partial charge is 0.315 e. The van der Waals surface area contributed by atoms with Crippen LogP contribution in [0.4, 0.5) is 4.79 Å². The Morgan fingerprint density at radius 2 is 1.65 bits per heavy atom. The lowest BCUT2D eigenvalue weighted by atomic mass is 9.84. The monoisotopic (exact) mass is 419 g/mol. The van der Waals surface area contributed by atoms with Crippen molar-refractivity contribution in [2.45, 2.75) is 69.6 Å². The number of hydrogen-bond acceptors (Lipinski definition) is 3. The molecular weight excluding hydrogens is 386 g/mol. The number of benzene rings is 2. The quantitative estimate of drug-likeness (QED) is 0.615. The second-order valence-corrected chi connectivity index (χ2v) is 9.48. The van der Waals surface area contributed by atoms with Gasteiger partial charge in [0.1, 0.15) is 5.75 Å². The predicted octanol–water partition coefficient (Wildman–Crippen LogP) is 5.03. The van der Waals surface area contributed by atoms with Gasteiger partial charge >= 0.3 is 6.03 Å². The van der Waals surface area contributed by atoms with E-state index in [1.165, 1.54) is 38.6 Å². The number of carbonyl (C=O) groups is 1. The van der Waals surface area contributed by atoms with E-state index in [4.69, 9.17) is 0 Å². The molecule has 2 amide bonds. The molecule has 5 rings (SSSR count). The van der Waals surface area contributed by atoms with Gasteiger partial charge in [-0.15, -0.1) is 0 Å². The number of carbonyl (C=O) groups excluding carboxylic acids is 1. The molecule has 2 unspecified atom stereocenters. The predicted molar refractivity (Wildman–Crippen MR) is 122 cm³/mol. The van der Waals surface area contributed by atoms with Crippen LogP contribution in [0, 0.1) is 5.92 Å². The normalized spacial score (nSPS) is 27.1. The first-order chi connectivity index (χ1) is 15.2. The molecule has 31 heavy (non-hydrogen) atoms. The van der Waals surface area contributed by atoms with Gasteiger partial charge in [-0.1, -0.05) is 36.4 Å². The summed E-state index contributed by atoms with van der Waals surface area (Å²) < 4.78 is 0. The van der Waals surface area contributed by atoms with Crippen molar-refractivity contribution in [1.29, 1.82) is 0 Å². The molecule has 0 spiro atoms. The fraction of sp³-hybridized carbons (Fsp3) is 0.500. The lowest BCUT2D eigenvalue weighted by Gasteiger charge is -2.31. The SMILES string of the molecule is O=C(NCc1cccc(O)c1)NC1CCC(CCN2C3CCC2c2ccccc23)CC1. The maximum Gasteiger partial charge on any atom is 0.315 e. The number of urea groups is 1.